The van der Waals surface area contributed by atoms with E-state index < -0.39 is 22.7 Å². The van der Waals surface area contributed by atoms with E-state index in [0.29, 0.717) is 17.0 Å². The van der Waals surface area contributed by atoms with Crippen molar-refractivity contribution >= 4 is 23.5 Å². The van der Waals surface area contributed by atoms with Crippen LogP contribution in [0.4, 0.5) is 5.69 Å². The Morgan fingerprint density at radius 3 is 2.54 bits per heavy atom. The van der Waals surface area contributed by atoms with E-state index >= 15 is 0 Å². The van der Waals surface area contributed by atoms with Crippen LogP contribution in [-0.4, -0.2) is 33.9 Å². The molecular weight excluding hydrogens is 368 g/mol. The molecule has 0 spiro atoms. The molecule has 2 N–H and O–H groups in total. The summed E-state index contributed by atoms with van der Waals surface area (Å²) in [5, 5.41) is 10.8. The molecule has 0 atom stereocenters. The van der Waals surface area contributed by atoms with Crippen molar-refractivity contribution in [3.8, 4) is 0 Å². The first-order valence-corrected chi connectivity index (χ1v) is 8.42. The van der Waals surface area contributed by atoms with Crippen molar-refractivity contribution in [2.45, 2.75) is 27.3 Å². The molecular formula is C18H20N4O6. The third-order valence-corrected chi connectivity index (χ3v) is 4.01. The number of nitro groups is 1. The van der Waals surface area contributed by atoms with Gasteiger partial charge in [-0.15, -0.1) is 0 Å². The van der Waals surface area contributed by atoms with E-state index in [1.54, 1.807) is 31.4 Å². The first-order chi connectivity index (χ1) is 13.2. The highest BCUT2D eigenvalue weighted by atomic mass is 16.6. The van der Waals surface area contributed by atoms with Crippen LogP contribution in [0, 0.1) is 24.0 Å². The van der Waals surface area contributed by atoms with Crippen LogP contribution in [0.3, 0.4) is 0 Å². The summed E-state index contributed by atoms with van der Waals surface area (Å²) in [4.78, 5) is 46.3. The number of rotatable bonds is 6. The van der Waals surface area contributed by atoms with Gasteiger partial charge in [-0.3, -0.25) is 30.6 Å². The molecule has 148 valence electrons. The quantitative estimate of drug-likeness (QED) is 0.439. The van der Waals surface area contributed by atoms with E-state index in [4.69, 9.17) is 4.74 Å². The van der Waals surface area contributed by atoms with Crippen molar-refractivity contribution in [1.29, 1.82) is 0 Å². The van der Waals surface area contributed by atoms with Gasteiger partial charge in [-0.2, -0.15) is 0 Å². The number of hydrogen-bond acceptors (Lipinski definition) is 6. The van der Waals surface area contributed by atoms with Crippen LogP contribution in [0.5, 0.6) is 0 Å². The number of hydrazine groups is 1. The average molecular weight is 388 g/mol. The molecule has 2 amide bonds. The Morgan fingerprint density at radius 1 is 1.18 bits per heavy atom. The monoisotopic (exact) mass is 388 g/mol. The highest BCUT2D eigenvalue weighted by Crippen LogP contribution is 2.16. The van der Waals surface area contributed by atoms with Crippen LogP contribution in [0.25, 0.3) is 0 Å². The summed E-state index contributed by atoms with van der Waals surface area (Å²) in [6.45, 7) is 5.24. The van der Waals surface area contributed by atoms with Gasteiger partial charge < -0.3 is 9.30 Å². The number of nitrogens with zero attached hydrogens (tertiary/aromatic N) is 2. The number of nitrogens with one attached hydrogen (secondary N) is 2. The fourth-order valence-corrected chi connectivity index (χ4v) is 2.60. The van der Waals surface area contributed by atoms with Crippen LogP contribution in [0.2, 0.25) is 0 Å². The van der Waals surface area contributed by atoms with Crippen molar-refractivity contribution in [1.82, 2.24) is 15.4 Å². The number of carbonyl (C=O) groups excluding carboxylic acids is 3. The Hall–Kier alpha value is -3.69. The zero-order chi connectivity index (χ0) is 20.8. The fraction of sp³-hybridized carbons (Fsp3) is 0.278. The average Bonchev–Trinajstić information content (AvgIpc) is 2.94. The highest BCUT2D eigenvalue weighted by molar-refractivity contribution is 5.96. The van der Waals surface area contributed by atoms with Crippen molar-refractivity contribution in [3.63, 3.8) is 0 Å². The number of amides is 2. The molecule has 0 bridgehead atoms. The Bertz CT molecular complexity index is 934. The fourth-order valence-electron chi connectivity index (χ4n) is 2.60. The van der Waals surface area contributed by atoms with Gasteiger partial charge in [0.25, 0.3) is 17.5 Å². The van der Waals surface area contributed by atoms with E-state index in [0.717, 1.165) is 6.07 Å². The third kappa shape index (κ3) is 4.72. The van der Waals surface area contributed by atoms with Crippen molar-refractivity contribution in [3.05, 3.63) is 63.0 Å². The van der Waals surface area contributed by atoms with E-state index in [-0.39, 0.29) is 24.4 Å². The number of esters is 1. The second-order valence-electron chi connectivity index (χ2n) is 5.90. The minimum atomic E-state index is -0.690. The van der Waals surface area contributed by atoms with Crippen molar-refractivity contribution in [2.75, 3.05) is 6.61 Å². The minimum Gasteiger partial charge on any atom is -0.462 e. The van der Waals surface area contributed by atoms with Crippen LogP contribution in [0.15, 0.2) is 30.3 Å². The van der Waals surface area contributed by atoms with Crippen molar-refractivity contribution < 1.29 is 24.0 Å². The lowest BCUT2D eigenvalue weighted by atomic mass is 10.2. The second-order valence-corrected chi connectivity index (χ2v) is 5.90. The molecule has 0 unspecified atom stereocenters. The summed E-state index contributed by atoms with van der Waals surface area (Å²) in [6, 6.07) is 6.75. The molecule has 0 saturated carbocycles. The summed E-state index contributed by atoms with van der Waals surface area (Å²) in [7, 11) is 0. The standard InChI is InChI=1S/C18H20N4O6/c1-4-28-18(25)15-8-11(2)21(12(15)3)10-16(23)19-20-17(24)13-6-5-7-14(9-13)22(26)27/h5-9H,4,10H2,1-3H3,(H,19,23)(H,20,24). The molecule has 0 aliphatic rings. The maximum Gasteiger partial charge on any atom is 0.339 e. The lowest BCUT2D eigenvalue weighted by Gasteiger charge is -2.11. The van der Waals surface area contributed by atoms with Crippen LogP contribution < -0.4 is 10.9 Å². The van der Waals surface area contributed by atoms with E-state index in [2.05, 4.69) is 10.9 Å². The van der Waals surface area contributed by atoms with E-state index in [9.17, 15) is 24.5 Å². The number of aromatic nitrogens is 1. The molecule has 28 heavy (non-hydrogen) atoms. The largest absolute Gasteiger partial charge is 0.462 e. The Labute approximate surface area is 160 Å². The number of carbonyl (C=O) groups is 3. The van der Waals surface area contributed by atoms with Crippen LogP contribution in [0.1, 0.15) is 39.0 Å². The molecule has 1 aromatic carbocycles. The highest BCUT2D eigenvalue weighted by Gasteiger charge is 2.18. The molecule has 1 heterocycles. The van der Waals surface area contributed by atoms with Gasteiger partial charge in [-0.1, -0.05) is 6.07 Å². The molecule has 0 fully saturated rings. The zero-order valence-electron chi connectivity index (χ0n) is 15.6. The number of benzene rings is 1. The molecule has 10 heteroatoms. The third-order valence-electron chi connectivity index (χ3n) is 4.01. The Kier molecular flexibility index (Phi) is 6.48. The van der Waals surface area contributed by atoms with Crippen molar-refractivity contribution in [2.24, 2.45) is 0 Å². The van der Waals surface area contributed by atoms with Gasteiger partial charge in [0, 0.05) is 29.1 Å². The topological polar surface area (TPSA) is 133 Å². The molecule has 2 rings (SSSR count). The summed E-state index contributed by atoms with van der Waals surface area (Å²) < 4.78 is 6.59. The smallest absolute Gasteiger partial charge is 0.339 e. The van der Waals surface area contributed by atoms with Gasteiger partial charge in [-0.05, 0) is 32.9 Å². The number of nitro benzene ring substituents is 1. The molecule has 0 aliphatic carbocycles. The number of hydrogen-bond donors (Lipinski definition) is 2. The molecule has 10 nitrogen and oxygen atoms in total. The maximum atomic E-state index is 12.2. The van der Waals surface area contributed by atoms with E-state index in [1.165, 1.54) is 18.2 Å². The first kappa shape index (κ1) is 20.6. The van der Waals surface area contributed by atoms with Gasteiger partial charge in [0.1, 0.15) is 6.54 Å². The predicted octanol–water partition coefficient (Wildman–Crippen LogP) is 1.65. The SMILES string of the molecule is CCOC(=O)c1cc(C)n(CC(=O)NNC(=O)c2cccc([N+](=O)[O-])c2)c1C. The number of non-ortho nitro benzene ring substituents is 1. The molecule has 1 aromatic heterocycles. The van der Waals surface area contributed by atoms with Gasteiger partial charge in [0.05, 0.1) is 17.1 Å². The second kappa shape index (κ2) is 8.80. The summed E-state index contributed by atoms with van der Waals surface area (Å²) >= 11 is 0. The Balaban J connectivity index is 2.01. The van der Waals surface area contributed by atoms with Gasteiger partial charge in [0.2, 0.25) is 0 Å². The van der Waals surface area contributed by atoms with E-state index in [1.807, 2.05) is 0 Å². The molecule has 0 saturated heterocycles. The lowest BCUT2D eigenvalue weighted by Crippen LogP contribution is -2.43. The predicted molar refractivity (Wildman–Crippen MR) is 98.6 cm³/mol. The minimum absolute atomic E-state index is 0.0347. The summed E-state index contributed by atoms with van der Waals surface area (Å²) in [5.74, 6) is -1.69. The van der Waals surface area contributed by atoms with Gasteiger partial charge in [0.15, 0.2) is 0 Å². The van der Waals surface area contributed by atoms with Gasteiger partial charge >= 0.3 is 5.97 Å². The first-order valence-electron chi connectivity index (χ1n) is 8.42. The zero-order valence-corrected chi connectivity index (χ0v) is 15.6. The number of aryl methyl sites for hydroxylation is 1. The number of ether oxygens (including phenoxy) is 1. The normalized spacial score (nSPS) is 10.2. The maximum absolute atomic E-state index is 12.2. The Morgan fingerprint density at radius 2 is 1.89 bits per heavy atom. The molecule has 0 aliphatic heterocycles. The molecule has 2 aromatic rings. The van der Waals surface area contributed by atoms with Crippen LogP contribution >= 0.6 is 0 Å². The molecule has 0 radical (unpaired) electrons. The summed E-state index contributed by atoms with van der Waals surface area (Å²) in [6.07, 6.45) is 0. The summed E-state index contributed by atoms with van der Waals surface area (Å²) in [5.41, 5.74) is 5.88. The lowest BCUT2D eigenvalue weighted by molar-refractivity contribution is -0.384. The van der Waals surface area contributed by atoms with Gasteiger partial charge in [-0.25, -0.2) is 4.79 Å². The van der Waals surface area contributed by atoms with Crippen LogP contribution in [-0.2, 0) is 16.1 Å².